The molecule has 0 spiro atoms. The van der Waals surface area contributed by atoms with Gasteiger partial charge < -0.3 is 9.47 Å². The lowest BCUT2D eigenvalue weighted by molar-refractivity contribution is 0.369. The van der Waals surface area contributed by atoms with Crippen LogP contribution in [-0.4, -0.2) is 11.6 Å². The highest BCUT2D eigenvalue weighted by Crippen LogP contribution is 2.23. The molecule has 0 radical (unpaired) electrons. The number of ether oxygens (including phenoxy) is 2. The second-order valence-electron chi connectivity index (χ2n) is 4.84. The van der Waals surface area contributed by atoms with Gasteiger partial charge in [-0.3, -0.25) is 0 Å². The molecular formula is C20H14ClNO2. The number of halogens is 1. The summed E-state index contributed by atoms with van der Waals surface area (Å²) in [5.41, 5.74) is 0.662. The van der Waals surface area contributed by atoms with Crippen LogP contribution in [0.4, 0.5) is 0 Å². The van der Waals surface area contributed by atoms with Gasteiger partial charge in [-0.1, -0.05) is 35.7 Å². The summed E-state index contributed by atoms with van der Waals surface area (Å²) in [5, 5.41) is 0.592. The Morgan fingerprint density at radius 3 is 2.25 bits per heavy atom. The Morgan fingerprint density at radius 2 is 1.54 bits per heavy atom. The van der Waals surface area contributed by atoms with E-state index in [-0.39, 0.29) is 6.61 Å². The average molecular weight is 336 g/mol. The van der Waals surface area contributed by atoms with Crippen molar-refractivity contribution in [2.24, 2.45) is 0 Å². The van der Waals surface area contributed by atoms with Gasteiger partial charge in [-0.2, -0.15) is 0 Å². The first-order chi connectivity index (χ1) is 11.8. The Balaban J connectivity index is 1.52. The SMILES string of the molecule is Clc1ccc(C#CCOc2ccc(Oc3ccccc3)cc2)nc1. The van der Waals surface area contributed by atoms with E-state index < -0.39 is 0 Å². The molecule has 0 saturated heterocycles. The van der Waals surface area contributed by atoms with Gasteiger partial charge in [-0.25, -0.2) is 4.98 Å². The minimum atomic E-state index is 0.281. The zero-order valence-electron chi connectivity index (χ0n) is 12.8. The van der Waals surface area contributed by atoms with Gasteiger partial charge in [0.25, 0.3) is 0 Å². The number of hydrogen-bond donors (Lipinski definition) is 0. The van der Waals surface area contributed by atoms with E-state index in [0.29, 0.717) is 10.7 Å². The van der Waals surface area contributed by atoms with Crippen LogP contribution >= 0.6 is 11.6 Å². The third-order valence-electron chi connectivity index (χ3n) is 3.06. The van der Waals surface area contributed by atoms with Gasteiger partial charge in [0, 0.05) is 6.20 Å². The first-order valence-corrected chi connectivity index (χ1v) is 7.73. The molecule has 0 unspecified atom stereocenters. The summed E-state index contributed by atoms with van der Waals surface area (Å²) in [6, 6.07) is 20.6. The summed E-state index contributed by atoms with van der Waals surface area (Å²) in [6.45, 7) is 0.281. The fourth-order valence-corrected chi connectivity index (χ4v) is 2.04. The average Bonchev–Trinajstić information content (AvgIpc) is 2.62. The molecule has 0 bridgehead atoms. The Bertz CT molecular complexity index is 835. The number of para-hydroxylation sites is 1. The van der Waals surface area contributed by atoms with Gasteiger partial charge >= 0.3 is 0 Å². The van der Waals surface area contributed by atoms with Gasteiger partial charge in [0.2, 0.25) is 0 Å². The van der Waals surface area contributed by atoms with Crippen molar-refractivity contribution in [1.82, 2.24) is 4.98 Å². The van der Waals surface area contributed by atoms with Crippen molar-refractivity contribution in [2.45, 2.75) is 0 Å². The number of aromatic nitrogens is 1. The van der Waals surface area contributed by atoms with Crippen LogP contribution in [-0.2, 0) is 0 Å². The largest absolute Gasteiger partial charge is 0.481 e. The molecule has 0 aliphatic heterocycles. The van der Waals surface area contributed by atoms with E-state index in [4.69, 9.17) is 21.1 Å². The molecule has 0 atom stereocenters. The number of hydrogen-bond acceptors (Lipinski definition) is 3. The normalized spacial score (nSPS) is 9.71. The van der Waals surface area contributed by atoms with E-state index in [0.717, 1.165) is 17.2 Å². The van der Waals surface area contributed by atoms with Crippen LogP contribution in [0.1, 0.15) is 5.69 Å². The molecule has 3 aromatic rings. The minimum Gasteiger partial charge on any atom is -0.481 e. The van der Waals surface area contributed by atoms with Crippen molar-refractivity contribution in [1.29, 1.82) is 0 Å². The Hall–Kier alpha value is -2.96. The van der Waals surface area contributed by atoms with E-state index in [2.05, 4.69) is 16.8 Å². The van der Waals surface area contributed by atoms with Crippen LogP contribution in [0.25, 0.3) is 0 Å². The maximum Gasteiger partial charge on any atom is 0.149 e. The summed E-state index contributed by atoms with van der Waals surface area (Å²) in [4.78, 5) is 4.10. The monoisotopic (exact) mass is 335 g/mol. The Morgan fingerprint density at radius 1 is 0.833 bits per heavy atom. The van der Waals surface area contributed by atoms with Crippen molar-refractivity contribution >= 4 is 11.6 Å². The van der Waals surface area contributed by atoms with Crippen molar-refractivity contribution in [3.05, 3.63) is 83.6 Å². The second kappa shape index (κ2) is 8.05. The summed E-state index contributed by atoms with van der Waals surface area (Å²) in [5.74, 6) is 8.12. The maximum atomic E-state index is 5.77. The fraction of sp³-hybridized carbons (Fsp3) is 0.0500. The lowest BCUT2D eigenvalue weighted by Crippen LogP contribution is -1.94. The molecule has 1 aromatic heterocycles. The molecule has 0 fully saturated rings. The molecular weight excluding hydrogens is 322 g/mol. The summed E-state index contributed by atoms with van der Waals surface area (Å²) >= 11 is 5.77. The first kappa shape index (κ1) is 15.9. The van der Waals surface area contributed by atoms with Gasteiger partial charge in [-0.15, -0.1) is 0 Å². The van der Waals surface area contributed by atoms with Crippen LogP contribution in [0.15, 0.2) is 72.9 Å². The standard InChI is InChI=1S/C20H14ClNO2/c21-16-8-9-17(22-15-16)5-4-14-23-18-10-12-20(13-11-18)24-19-6-2-1-3-7-19/h1-3,6-13,15H,14H2. The summed E-state index contributed by atoms with van der Waals surface area (Å²) in [7, 11) is 0. The van der Waals surface area contributed by atoms with Crippen LogP contribution in [0, 0.1) is 11.8 Å². The lowest BCUT2D eigenvalue weighted by Gasteiger charge is -2.06. The first-order valence-electron chi connectivity index (χ1n) is 7.36. The van der Waals surface area contributed by atoms with Crippen molar-refractivity contribution in [3.8, 4) is 29.1 Å². The quantitative estimate of drug-likeness (QED) is 0.632. The predicted molar refractivity (Wildman–Crippen MR) is 94.6 cm³/mol. The van der Waals surface area contributed by atoms with Crippen LogP contribution < -0.4 is 9.47 Å². The third kappa shape index (κ3) is 4.77. The summed E-state index contributed by atoms with van der Waals surface area (Å²) in [6.07, 6.45) is 1.57. The van der Waals surface area contributed by atoms with Crippen LogP contribution in [0.2, 0.25) is 5.02 Å². The molecule has 4 heteroatoms. The van der Waals surface area contributed by atoms with E-state index in [1.165, 1.54) is 0 Å². The molecule has 2 aromatic carbocycles. The zero-order valence-corrected chi connectivity index (χ0v) is 13.5. The van der Waals surface area contributed by atoms with Gasteiger partial charge in [0.05, 0.1) is 5.02 Å². The predicted octanol–water partition coefficient (Wildman–Crippen LogP) is 4.96. The smallest absolute Gasteiger partial charge is 0.149 e. The van der Waals surface area contributed by atoms with Crippen LogP contribution in [0.3, 0.4) is 0 Å². The van der Waals surface area contributed by atoms with Gasteiger partial charge in [0.1, 0.15) is 29.5 Å². The molecule has 1 heterocycles. The molecule has 0 N–H and O–H groups in total. The number of nitrogens with zero attached hydrogens (tertiary/aromatic N) is 1. The fourth-order valence-electron chi connectivity index (χ4n) is 1.92. The van der Waals surface area contributed by atoms with E-state index in [1.54, 1.807) is 18.3 Å². The van der Waals surface area contributed by atoms with Gasteiger partial charge in [0.15, 0.2) is 0 Å². The second-order valence-corrected chi connectivity index (χ2v) is 5.28. The summed E-state index contributed by atoms with van der Waals surface area (Å²) < 4.78 is 11.3. The Labute approximate surface area is 145 Å². The molecule has 3 rings (SSSR count). The van der Waals surface area contributed by atoms with Crippen molar-refractivity contribution in [2.75, 3.05) is 6.61 Å². The molecule has 0 saturated carbocycles. The number of benzene rings is 2. The molecule has 0 aliphatic carbocycles. The van der Waals surface area contributed by atoms with E-state index in [1.807, 2.05) is 54.6 Å². The third-order valence-corrected chi connectivity index (χ3v) is 3.28. The van der Waals surface area contributed by atoms with Gasteiger partial charge in [-0.05, 0) is 54.5 Å². The van der Waals surface area contributed by atoms with Crippen molar-refractivity contribution < 1.29 is 9.47 Å². The van der Waals surface area contributed by atoms with E-state index >= 15 is 0 Å². The molecule has 24 heavy (non-hydrogen) atoms. The molecule has 0 amide bonds. The van der Waals surface area contributed by atoms with Crippen molar-refractivity contribution in [3.63, 3.8) is 0 Å². The molecule has 118 valence electrons. The Kier molecular flexibility index (Phi) is 5.34. The maximum absolute atomic E-state index is 5.77. The molecule has 3 nitrogen and oxygen atoms in total. The van der Waals surface area contributed by atoms with E-state index in [9.17, 15) is 0 Å². The zero-order chi connectivity index (χ0) is 16.6. The lowest BCUT2D eigenvalue weighted by atomic mass is 10.3. The van der Waals surface area contributed by atoms with Crippen LogP contribution in [0.5, 0.6) is 17.2 Å². The highest BCUT2D eigenvalue weighted by atomic mass is 35.5. The minimum absolute atomic E-state index is 0.281. The molecule has 0 aliphatic rings. The highest BCUT2D eigenvalue weighted by molar-refractivity contribution is 6.30. The number of pyridine rings is 1. The highest BCUT2D eigenvalue weighted by Gasteiger charge is 1.97. The number of rotatable bonds is 4. The topological polar surface area (TPSA) is 31.4 Å².